The predicted molar refractivity (Wildman–Crippen MR) is 192 cm³/mol. The molecule has 5 heterocycles. The van der Waals surface area contributed by atoms with Crippen LogP contribution in [0.1, 0.15) is 44.7 Å². The Morgan fingerprint density at radius 2 is 1.71 bits per heavy atom. The SMILES string of the molecule is C=Cc1cc2c(N3CCC4(CC3)CN(C(=O)OC(C)(C)C)C4)nc(N3CCN(C)CC3)nc2c(OCC(F)(F)F)c1-c1c(C)ccc2[nH]ncc12. The van der Waals surface area contributed by atoms with Crippen molar-refractivity contribution in [1.82, 2.24) is 30.0 Å². The molecule has 0 atom stereocenters. The van der Waals surface area contributed by atoms with E-state index < -0.39 is 18.4 Å². The largest absolute Gasteiger partial charge is 0.481 e. The Bertz CT molecular complexity index is 1960. The van der Waals surface area contributed by atoms with Crippen molar-refractivity contribution in [2.75, 3.05) is 75.8 Å². The van der Waals surface area contributed by atoms with Crippen LogP contribution in [-0.2, 0) is 4.74 Å². The second-order valence-electron chi connectivity index (χ2n) is 15.2. The van der Waals surface area contributed by atoms with Crippen molar-refractivity contribution in [3.63, 3.8) is 0 Å². The molecule has 3 fully saturated rings. The van der Waals surface area contributed by atoms with E-state index in [0.29, 0.717) is 78.6 Å². The Balaban J connectivity index is 1.34. The number of likely N-dealkylation sites (N-methyl/N-ethyl adjacent to an activating group) is 1. The number of carbonyl (C=O) groups is 1. The van der Waals surface area contributed by atoms with Crippen molar-refractivity contribution in [1.29, 1.82) is 0 Å². The average Bonchev–Trinajstić information content (AvgIpc) is 3.53. The topological polar surface area (TPSA) is 103 Å². The summed E-state index contributed by atoms with van der Waals surface area (Å²) in [5.74, 6) is 1.14. The van der Waals surface area contributed by atoms with Gasteiger partial charge in [0.1, 0.15) is 16.9 Å². The summed E-state index contributed by atoms with van der Waals surface area (Å²) in [6.45, 7) is 15.6. The molecular weight excluding hydrogens is 661 g/mol. The lowest BCUT2D eigenvalue weighted by Crippen LogP contribution is -2.62. The number of hydrogen-bond acceptors (Lipinski definition) is 9. The van der Waals surface area contributed by atoms with Crippen molar-refractivity contribution in [3.8, 4) is 16.9 Å². The fourth-order valence-electron chi connectivity index (χ4n) is 7.52. The number of likely N-dealkylation sites (tertiary alicyclic amines) is 1. The molecule has 11 nitrogen and oxygen atoms in total. The number of nitrogens with zero attached hydrogens (tertiary/aromatic N) is 7. The van der Waals surface area contributed by atoms with Crippen molar-refractivity contribution >= 4 is 45.7 Å². The molecule has 7 rings (SSSR count). The Kier molecular flexibility index (Phi) is 8.79. The lowest BCUT2D eigenvalue weighted by atomic mass is 9.72. The molecule has 1 N–H and O–H groups in total. The molecule has 0 unspecified atom stereocenters. The minimum Gasteiger partial charge on any atom is -0.481 e. The van der Waals surface area contributed by atoms with E-state index in [9.17, 15) is 18.0 Å². The fraction of sp³-hybridized carbons (Fsp3) is 0.514. The highest BCUT2D eigenvalue weighted by molar-refractivity contribution is 6.07. The number of amides is 1. The van der Waals surface area contributed by atoms with Gasteiger partial charge in [0.25, 0.3) is 0 Å². The van der Waals surface area contributed by atoms with E-state index in [1.165, 1.54) is 0 Å². The summed E-state index contributed by atoms with van der Waals surface area (Å²) in [4.78, 5) is 31.1. The number of piperidine rings is 1. The molecule has 1 spiro atoms. The predicted octanol–water partition coefficient (Wildman–Crippen LogP) is 6.65. The number of H-pyrrole nitrogens is 1. The zero-order valence-electron chi connectivity index (χ0n) is 29.9. The molecule has 4 aromatic rings. The van der Waals surface area contributed by atoms with Gasteiger partial charge in [0.05, 0.1) is 11.7 Å². The van der Waals surface area contributed by atoms with Crippen LogP contribution < -0.4 is 14.5 Å². The Morgan fingerprint density at radius 3 is 2.35 bits per heavy atom. The number of fused-ring (bicyclic) bond motifs is 2. The standard InChI is InChI=1S/C37H45F3N8O3/c1-7-24-18-25-30(31(50-22-37(38,39)40)29(24)28-23(2)8-9-27-26(28)19-41-44-27)42-33(47-16-14-45(6)15-17-47)43-32(25)46-12-10-36(11-13-46)20-48(21-36)34(49)51-35(3,4)5/h7-9,18-19H,1,10-17,20-22H2,2-6H3,(H,41,44). The molecule has 0 bridgehead atoms. The minimum atomic E-state index is -4.59. The number of ether oxygens (including phenoxy) is 2. The van der Waals surface area contributed by atoms with E-state index in [1.807, 2.05) is 45.9 Å². The van der Waals surface area contributed by atoms with Crippen LogP contribution in [0.3, 0.4) is 0 Å². The Morgan fingerprint density at radius 1 is 1.00 bits per heavy atom. The number of anilines is 2. The maximum atomic E-state index is 13.9. The molecule has 2 aromatic heterocycles. The first-order valence-corrected chi connectivity index (χ1v) is 17.4. The van der Waals surface area contributed by atoms with Gasteiger partial charge in [0.2, 0.25) is 5.95 Å². The summed E-state index contributed by atoms with van der Waals surface area (Å²) in [5, 5.41) is 8.56. The van der Waals surface area contributed by atoms with Gasteiger partial charge in [-0.1, -0.05) is 18.7 Å². The zero-order chi connectivity index (χ0) is 36.3. The molecule has 1 amide bonds. The second kappa shape index (κ2) is 12.9. The molecule has 272 valence electrons. The molecule has 0 radical (unpaired) electrons. The summed E-state index contributed by atoms with van der Waals surface area (Å²) >= 11 is 0. The van der Waals surface area contributed by atoms with E-state index in [-0.39, 0.29) is 17.3 Å². The Labute approximate surface area is 295 Å². The van der Waals surface area contributed by atoms with Crippen LogP contribution in [0.2, 0.25) is 0 Å². The summed E-state index contributed by atoms with van der Waals surface area (Å²) in [6, 6.07) is 5.74. The molecule has 14 heteroatoms. The highest BCUT2D eigenvalue weighted by Gasteiger charge is 2.48. The molecule has 0 saturated carbocycles. The molecule has 0 aliphatic carbocycles. The fourth-order valence-corrected chi connectivity index (χ4v) is 7.52. The zero-order valence-corrected chi connectivity index (χ0v) is 29.9. The van der Waals surface area contributed by atoms with Crippen LogP contribution in [0, 0.1) is 12.3 Å². The van der Waals surface area contributed by atoms with E-state index >= 15 is 0 Å². The number of aryl methyl sites for hydroxylation is 1. The quantitative estimate of drug-likeness (QED) is 0.236. The summed E-state index contributed by atoms with van der Waals surface area (Å²) in [5.41, 5.74) is 3.13. The van der Waals surface area contributed by atoms with Crippen LogP contribution >= 0.6 is 0 Å². The van der Waals surface area contributed by atoms with Crippen molar-refractivity contribution < 1.29 is 27.4 Å². The molecule has 3 aliphatic rings. The van der Waals surface area contributed by atoms with E-state index in [2.05, 4.69) is 38.5 Å². The molecule has 51 heavy (non-hydrogen) atoms. The van der Waals surface area contributed by atoms with Gasteiger partial charge in [0, 0.05) is 74.1 Å². The lowest BCUT2D eigenvalue weighted by molar-refractivity contribution is -0.153. The molecule has 2 aromatic carbocycles. The van der Waals surface area contributed by atoms with Crippen LogP contribution in [0.15, 0.2) is 31.0 Å². The Hall–Kier alpha value is -4.59. The number of aromatic amines is 1. The third kappa shape index (κ3) is 6.89. The molecular formula is C37H45F3N8O3. The van der Waals surface area contributed by atoms with Gasteiger partial charge in [-0.05, 0) is 76.4 Å². The highest BCUT2D eigenvalue weighted by Crippen LogP contribution is 2.48. The third-order valence-electron chi connectivity index (χ3n) is 10.2. The summed E-state index contributed by atoms with van der Waals surface area (Å²) in [6.07, 6.45) is 0.0981. The third-order valence-corrected chi connectivity index (χ3v) is 10.2. The van der Waals surface area contributed by atoms with Crippen molar-refractivity contribution in [2.45, 2.75) is 52.3 Å². The van der Waals surface area contributed by atoms with Gasteiger partial charge in [0.15, 0.2) is 12.4 Å². The first kappa shape index (κ1) is 34.8. The van der Waals surface area contributed by atoms with Gasteiger partial charge in [-0.15, -0.1) is 0 Å². The van der Waals surface area contributed by atoms with E-state index in [1.54, 1.807) is 17.2 Å². The normalized spacial score (nSPS) is 18.4. The monoisotopic (exact) mass is 706 g/mol. The number of hydrogen-bond donors (Lipinski definition) is 1. The number of rotatable bonds is 6. The minimum absolute atomic E-state index is 0.0161. The van der Waals surface area contributed by atoms with Crippen molar-refractivity contribution in [2.24, 2.45) is 5.41 Å². The number of benzene rings is 2. The van der Waals surface area contributed by atoms with Gasteiger partial charge in [-0.25, -0.2) is 9.78 Å². The van der Waals surface area contributed by atoms with Gasteiger partial charge >= 0.3 is 12.3 Å². The number of aromatic nitrogens is 4. The van der Waals surface area contributed by atoms with Gasteiger partial charge in [-0.3, -0.25) is 5.10 Å². The van der Waals surface area contributed by atoms with Crippen LogP contribution in [-0.4, -0.2) is 114 Å². The van der Waals surface area contributed by atoms with E-state index in [0.717, 1.165) is 42.4 Å². The van der Waals surface area contributed by atoms with Crippen LogP contribution in [0.25, 0.3) is 39.0 Å². The number of halogens is 3. The highest BCUT2D eigenvalue weighted by atomic mass is 19.4. The van der Waals surface area contributed by atoms with Crippen molar-refractivity contribution in [3.05, 3.63) is 42.1 Å². The lowest BCUT2D eigenvalue weighted by Gasteiger charge is -2.53. The number of nitrogens with one attached hydrogen (secondary N) is 1. The molecule has 3 aliphatic heterocycles. The van der Waals surface area contributed by atoms with E-state index in [4.69, 9.17) is 19.4 Å². The van der Waals surface area contributed by atoms with Gasteiger partial charge in [-0.2, -0.15) is 23.3 Å². The summed E-state index contributed by atoms with van der Waals surface area (Å²) < 4.78 is 53.2. The summed E-state index contributed by atoms with van der Waals surface area (Å²) in [7, 11) is 2.06. The average molecular weight is 707 g/mol. The first-order chi connectivity index (χ1) is 24.1. The first-order valence-electron chi connectivity index (χ1n) is 17.4. The smallest absolute Gasteiger partial charge is 0.422 e. The van der Waals surface area contributed by atoms with Gasteiger partial charge < -0.3 is 29.1 Å². The maximum Gasteiger partial charge on any atom is 0.422 e. The number of carbonyl (C=O) groups excluding carboxylic acids is 1. The second-order valence-corrected chi connectivity index (χ2v) is 15.2. The van der Waals surface area contributed by atoms with Crippen LogP contribution in [0.4, 0.5) is 29.7 Å². The number of alkyl halides is 3. The molecule has 3 saturated heterocycles. The van der Waals surface area contributed by atoms with Crippen LogP contribution in [0.5, 0.6) is 5.75 Å². The number of piperazine rings is 1. The maximum absolute atomic E-state index is 13.9.